The lowest BCUT2D eigenvalue weighted by Gasteiger charge is -2.50. The summed E-state index contributed by atoms with van der Waals surface area (Å²) in [5, 5.41) is 0. The maximum absolute atomic E-state index is 13.4. The number of carbonyl (C=O) groups excluding carboxylic acids is 1. The molecule has 2 aliphatic heterocycles. The number of benzene rings is 1. The molecule has 1 saturated heterocycles. The molecule has 4 rings (SSSR count). The zero-order chi connectivity index (χ0) is 24.2. The van der Waals surface area contributed by atoms with E-state index in [1.807, 2.05) is 7.05 Å². The molecule has 1 aromatic heterocycles. The van der Waals surface area contributed by atoms with Gasteiger partial charge >= 0.3 is 6.18 Å². The fourth-order valence-electron chi connectivity index (χ4n) is 5.21. The molecule has 3 heterocycles. The molecule has 33 heavy (non-hydrogen) atoms. The SMILES string of the molecule is CCS(=O)(=O)c1ccc(C(=O)N2CCC3(CC2)c2ccc(C(F)(F)F)n2CCN3C)cc1C. The number of likely N-dealkylation sites (tertiary alicyclic amines) is 1. The number of amides is 1. The minimum absolute atomic E-state index is 0.0133. The summed E-state index contributed by atoms with van der Waals surface area (Å²) in [6, 6.07) is 7.35. The molecule has 180 valence electrons. The van der Waals surface area contributed by atoms with Crippen molar-refractivity contribution in [3.63, 3.8) is 0 Å². The summed E-state index contributed by atoms with van der Waals surface area (Å²) in [6.45, 7) is 4.85. The third-order valence-electron chi connectivity index (χ3n) is 7.15. The molecule has 1 aromatic carbocycles. The summed E-state index contributed by atoms with van der Waals surface area (Å²) in [5.41, 5.74) is 0.425. The van der Waals surface area contributed by atoms with Crippen molar-refractivity contribution in [3.8, 4) is 0 Å². The largest absolute Gasteiger partial charge is 0.431 e. The molecule has 0 N–H and O–H groups in total. The Hall–Kier alpha value is -2.33. The summed E-state index contributed by atoms with van der Waals surface area (Å²) < 4.78 is 66.1. The van der Waals surface area contributed by atoms with Gasteiger partial charge in [0.15, 0.2) is 9.84 Å². The van der Waals surface area contributed by atoms with Crippen LogP contribution >= 0.6 is 0 Å². The molecule has 0 unspecified atom stereocenters. The number of halogens is 3. The van der Waals surface area contributed by atoms with Crippen molar-refractivity contribution in [3.05, 3.63) is 52.8 Å². The molecular formula is C23H28F3N3O3S. The number of aromatic nitrogens is 1. The lowest BCUT2D eigenvalue weighted by Crippen LogP contribution is -2.56. The number of piperidine rings is 1. The van der Waals surface area contributed by atoms with E-state index in [4.69, 9.17) is 0 Å². The van der Waals surface area contributed by atoms with Gasteiger partial charge in [0.1, 0.15) is 5.69 Å². The highest BCUT2D eigenvalue weighted by atomic mass is 32.2. The Morgan fingerprint density at radius 2 is 1.73 bits per heavy atom. The van der Waals surface area contributed by atoms with E-state index in [2.05, 4.69) is 4.90 Å². The predicted octanol–water partition coefficient (Wildman–Crippen LogP) is 3.69. The standard InChI is InChI=1S/C23H28F3N3O3S/c1-4-33(31,32)18-6-5-17(15-16(18)2)21(30)28-11-9-22(10-12-28)19-7-8-20(23(24,25)26)29(19)14-13-27(22)3/h5-8,15H,4,9-14H2,1-3H3. The second-order valence-electron chi connectivity index (χ2n) is 8.88. The van der Waals surface area contributed by atoms with Crippen LogP contribution in [0.25, 0.3) is 0 Å². The van der Waals surface area contributed by atoms with Gasteiger partial charge in [-0.15, -0.1) is 0 Å². The second-order valence-corrected chi connectivity index (χ2v) is 11.1. The number of nitrogens with zero attached hydrogens (tertiary/aromatic N) is 3. The van der Waals surface area contributed by atoms with Gasteiger partial charge in [-0.3, -0.25) is 9.69 Å². The Morgan fingerprint density at radius 1 is 1.06 bits per heavy atom. The maximum atomic E-state index is 13.4. The van der Waals surface area contributed by atoms with Gasteiger partial charge in [-0.05, 0) is 62.7 Å². The van der Waals surface area contributed by atoms with Gasteiger partial charge in [0.2, 0.25) is 0 Å². The van der Waals surface area contributed by atoms with Gasteiger partial charge in [0.05, 0.1) is 16.2 Å². The molecule has 0 aliphatic carbocycles. The number of fused-ring (bicyclic) bond motifs is 2. The molecule has 6 nitrogen and oxygen atoms in total. The van der Waals surface area contributed by atoms with Crippen molar-refractivity contribution in [2.75, 3.05) is 32.4 Å². The summed E-state index contributed by atoms with van der Waals surface area (Å²) in [5.74, 6) is -0.209. The van der Waals surface area contributed by atoms with Gasteiger partial charge in [-0.2, -0.15) is 13.2 Å². The number of likely N-dealkylation sites (N-methyl/N-ethyl adjacent to an activating group) is 1. The lowest BCUT2D eigenvalue weighted by molar-refractivity contribution is -0.144. The minimum Gasteiger partial charge on any atom is -0.338 e. The Labute approximate surface area is 191 Å². The Kier molecular flexibility index (Phi) is 5.89. The Morgan fingerprint density at radius 3 is 2.30 bits per heavy atom. The molecule has 10 heteroatoms. The maximum Gasteiger partial charge on any atom is 0.431 e. The third kappa shape index (κ3) is 3.97. The average Bonchev–Trinajstić information content (AvgIpc) is 3.22. The van der Waals surface area contributed by atoms with E-state index >= 15 is 0 Å². The summed E-state index contributed by atoms with van der Waals surface area (Å²) in [7, 11) is -1.44. The number of carbonyl (C=O) groups is 1. The van der Waals surface area contributed by atoms with E-state index in [1.54, 1.807) is 30.9 Å². The molecule has 1 amide bonds. The fourth-order valence-corrected chi connectivity index (χ4v) is 6.34. The number of rotatable bonds is 3. The minimum atomic E-state index is -4.40. The van der Waals surface area contributed by atoms with Gasteiger partial charge in [0.25, 0.3) is 5.91 Å². The van der Waals surface area contributed by atoms with Crippen molar-refractivity contribution < 1.29 is 26.4 Å². The lowest BCUT2D eigenvalue weighted by atomic mass is 9.81. The van der Waals surface area contributed by atoms with Crippen LogP contribution in [0.2, 0.25) is 0 Å². The fraction of sp³-hybridized carbons (Fsp3) is 0.522. The predicted molar refractivity (Wildman–Crippen MR) is 118 cm³/mol. The van der Waals surface area contributed by atoms with E-state index in [1.165, 1.54) is 16.7 Å². The van der Waals surface area contributed by atoms with E-state index < -0.39 is 27.2 Å². The first-order valence-corrected chi connectivity index (χ1v) is 12.7. The van der Waals surface area contributed by atoms with Gasteiger partial charge in [0, 0.05) is 37.4 Å². The van der Waals surface area contributed by atoms with Crippen LogP contribution in [0.15, 0.2) is 35.2 Å². The number of sulfone groups is 1. The van der Waals surface area contributed by atoms with Crippen LogP contribution in [0.4, 0.5) is 13.2 Å². The van der Waals surface area contributed by atoms with Gasteiger partial charge in [-0.1, -0.05) is 6.92 Å². The summed E-state index contributed by atoms with van der Waals surface area (Å²) in [4.78, 5) is 17.2. The van der Waals surface area contributed by atoms with Crippen molar-refractivity contribution >= 4 is 15.7 Å². The number of hydrogen-bond acceptors (Lipinski definition) is 4. The van der Waals surface area contributed by atoms with Crippen LogP contribution < -0.4 is 0 Å². The number of aryl methyl sites for hydroxylation is 1. The molecule has 0 radical (unpaired) electrons. The van der Waals surface area contributed by atoms with Crippen LogP contribution in [0, 0.1) is 6.92 Å². The van der Waals surface area contributed by atoms with E-state index in [-0.39, 0.29) is 23.1 Å². The molecule has 0 saturated carbocycles. The normalized spacial score (nSPS) is 19.0. The molecule has 0 bridgehead atoms. The molecular weight excluding hydrogens is 455 g/mol. The molecule has 2 aromatic rings. The topological polar surface area (TPSA) is 62.6 Å². The first kappa shape index (κ1) is 23.8. The Bertz CT molecular complexity index is 1180. The van der Waals surface area contributed by atoms with E-state index in [0.29, 0.717) is 49.3 Å². The molecule has 1 fully saturated rings. The molecule has 2 aliphatic rings. The van der Waals surface area contributed by atoms with E-state index in [9.17, 15) is 26.4 Å². The monoisotopic (exact) mass is 483 g/mol. The quantitative estimate of drug-likeness (QED) is 0.668. The Balaban J connectivity index is 1.56. The zero-order valence-corrected chi connectivity index (χ0v) is 19.8. The highest BCUT2D eigenvalue weighted by Crippen LogP contribution is 2.44. The van der Waals surface area contributed by atoms with Crippen LogP contribution in [-0.2, 0) is 28.1 Å². The van der Waals surface area contributed by atoms with Crippen LogP contribution in [-0.4, -0.2) is 61.1 Å². The van der Waals surface area contributed by atoms with Crippen molar-refractivity contribution in [1.82, 2.24) is 14.4 Å². The molecule has 1 spiro atoms. The number of alkyl halides is 3. The highest BCUT2D eigenvalue weighted by molar-refractivity contribution is 7.91. The summed E-state index contributed by atoms with van der Waals surface area (Å²) in [6.07, 6.45) is -3.35. The van der Waals surface area contributed by atoms with Crippen molar-refractivity contribution in [2.45, 2.75) is 49.8 Å². The number of hydrogen-bond donors (Lipinski definition) is 0. The van der Waals surface area contributed by atoms with Crippen LogP contribution in [0.1, 0.15) is 47.1 Å². The summed E-state index contributed by atoms with van der Waals surface area (Å²) >= 11 is 0. The first-order valence-electron chi connectivity index (χ1n) is 11.0. The smallest absolute Gasteiger partial charge is 0.338 e. The van der Waals surface area contributed by atoms with Crippen molar-refractivity contribution in [2.24, 2.45) is 0 Å². The molecule has 0 atom stereocenters. The zero-order valence-electron chi connectivity index (χ0n) is 18.9. The first-order chi connectivity index (χ1) is 15.4. The van der Waals surface area contributed by atoms with Gasteiger partial charge in [-0.25, -0.2) is 8.42 Å². The second kappa shape index (κ2) is 8.16. The highest BCUT2D eigenvalue weighted by Gasteiger charge is 2.47. The van der Waals surface area contributed by atoms with Crippen LogP contribution in [0.3, 0.4) is 0 Å². The van der Waals surface area contributed by atoms with Crippen molar-refractivity contribution in [1.29, 1.82) is 0 Å². The third-order valence-corrected chi connectivity index (χ3v) is 9.04. The van der Waals surface area contributed by atoms with E-state index in [0.717, 1.165) is 6.07 Å². The average molecular weight is 484 g/mol. The van der Waals surface area contributed by atoms with Crippen LogP contribution in [0.5, 0.6) is 0 Å². The van der Waals surface area contributed by atoms with Gasteiger partial charge < -0.3 is 9.47 Å².